The standard InChI is InChI=1S/C11H14N4O/c1-8(6-16)15-7-13-14-11(15)9-3-2-4-10(12)5-9/h2-5,7-8,16H,6,12H2,1H3/t8-/m1/s1. The lowest BCUT2D eigenvalue weighted by molar-refractivity contribution is 0.239. The van der Waals surface area contributed by atoms with Gasteiger partial charge in [-0.15, -0.1) is 10.2 Å². The van der Waals surface area contributed by atoms with Gasteiger partial charge in [-0.2, -0.15) is 0 Å². The lowest BCUT2D eigenvalue weighted by atomic mass is 10.2. The van der Waals surface area contributed by atoms with Crippen LogP contribution in [0.3, 0.4) is 0 Å². The Balaban J connectivity index is 2.44. The van der Waals surface area contributed by atoms with Crippen molar-refractivity contribution in [2.24, 2.45) is 0 Å². The molecule has 16 heavy (non-hydrogen) atoms. The first-order valence-corrected chi connectivity index (χ1v) is 5.08. The van der Waals surface area contributed by atoms with Crippen LogP contribution < -0.4 is 5.73 Å². The van der Waals surface area contributed by atoms with Crippen molar-refractivity contribution in [3.8, 4) is 11.4 Å². The van der Waals surface area contributed by atoms with Gasteiger partial charge in [-0.05, 0) is 19.1 Å². The highest BCUT2D eigenvalue weighted by Gasteiger charge is 2.11. The van der Waals surface area contributed by atoms with Crippen LogP contribution in [0.15, 0.2) is 30.6 Å². The highest BCUT2D eigenvalue weighted by atomic mass is 16.3. The summed E-state index contributed by atoms with van der Waals surface area (Å²) in [6, 6.07) is 7.39. The van der Waals surface area contributed by atoms with E-state index in [0.717, 1.165) is 5.56 Å². The Morgan fingerprint density at radius 2 is 2.31 bits per heavy atom. The number of nitrogens with zero attached hydrogens (tertiary/aromatic N) is 3. The summed E-state index contributed by atoms with van der Waals surface area (Å²) in [5.41, 5.74) is 7.30. The van der Waals surface area contributed by atoms with E-state index in [1.165, 1.54) is 0 Å². The lowest BCUT2D eigenvalue weighted by Gasteiger charge is -2.12. The summed E-state index contributed by atoms with van der Waals surface area (Å²) in [4.78, 5) is 0. The van der Waals surface area contributed by atoms with Gasteiger partial charge < -0.3 is 15.4 Å². The Hall–Kier alpha value is -1.88. The van der Waals surface area contributed by atoms with Crippen LogP contribution in [0.25, 0.3) is 11.4 Å². The first-order valence-electron chi connectivity index (χ1n) is 5.08. The summed E-state index contributed by atoms with van der Waals surface area (Å²) in [7, 11) is 0. The number of anilines is 1. The summed E-state index contributed by atoms with van der Waals surface area (Å²) in [5, 5.41) is 17.0. The number of aromatic nitrogens is 3. The molecule has 1 heterocycles. The molecule has 2 aromatic rings. The van der Waals surface area contributed by atoms with Gasteiger partial charge in [0, 0.05) is 11.3 Å². The van der Waals surface area contributed by atoms with Gasteiger partial charge in [0.2, 0.25) is 0 Å². The third-order valence-corrected chi connectivity index (χ3v) is 2.46. The minimum Gasteiger partial charge on any atom is -0.399 e. The maximum absolute atomic E-state index is 9.13. The zero-order chi connectivity index (χ0) is 11.5. The largest absolute Gasteiger partial charge is 0.399 e. The minimum atomic E-state index is -0.0496. The Kier molecular flexibility index (Phi) is 2.87. The van der Waals surface area contributed by atoms with E-state index in [1.54, 1.807) is 6.33 Å². The fourth-order valence-corrected chi connectivity index (χ4v) is 1.54. The molecule has 5 heteroatoms. The lowest BCUT2D eigenvalue weighted by Crippen LogP contribution is -2.09. The van der Waals surface area contributed by atoms with Gasteiger partial charge in [-0.3, -0.25) is 0 Å². The molecule has 2 rings (SSSR count). The predicted octanol–water partition coefficient (Wildman–Crippen LogP) is 1.08. The highest BCUT2D eigenvalue weighted by Crippen LogP contribution is 2.21. The second kappa shape index (κ2) is 4.32. The number of nitrogen functional groups attached to an aromatic ring is 1. The molecule has 0 spiro atoms. The topological polar surface area (TPSA) is 77.0 Å². The van der Waals surface area contributed by atoms with Crippen LogP contribution in [0, 0.1) is 0 Å². The molecule has 0 bridgehead atoms. The third-order valence-electron chi connectivity index (χ3n) is 2.46. The van der Waals surface area contributed by atoms with E-state index in [0.29, 0.717) is 11.5 Å². The van der Waals surface area contributed by atoms with Gasteiger partial charge in [0.05, 0.1) is 12.6 Å². The van der Waals surface area contributed by atoms with Crippen molar-refractivity contribution in [3.63, 3.8) is 0 Å². The maximum Gasteiger partial charge on any atom is 0.164 e. The number of hydrogen-bond donors (Lipinski definition) is 2. The Labute approximate surface area is 93.5 Å². The molecule has 0 aliphatic carbocycles. The molecule has 5 nitrogen and oxygen atoms in total. The monoisotopic (exact) mass is 218 g/mol. The predicted molar refractivity (Wildman–Crippen MR) is 61.7 cm³/mol. The van der Waals surface area contributed by atoms with E-state index in [9.17, 15) is 0 Å². The molecule has 84 valence electrons. The van der Waals surface area contributed by atoms with Crippen LogP contribution >= 0.6 is 0 Å². The van der Waals surface area contributed by atoms with Crippen molar-refractivity contribution in [2.45, 2.75) is 13.0 Å². The van der Waals surface area contributed by atoms with E-state index in [4.69, 9.17) is 10.8 Å². The van der Waals surface area contributed by atoms with Gasteiger partial charge in [-0.1, -0.05) is 12.1 Å². The fourth-order valence-electron chi connectivity index (χ4n) is 1.54. The van der Waals surface area contributed by atoms with E-state index in [-0.39, 0.29) is 12.6 Å². The number of hydrogen-bond acceptors (Lipinski definition) is 4. The third kappa shape index (κ3) is 1.90. The molecule has 1 aromatic heterocycles. The second-order valence-corrected chi connectivity index (χ2v) is 3.72. The van der Waals surface area contributed by atoms with Gasteiger partial charge in [0.25, 0.3) is 0 Å². The van der Waals surface area contributed by atoms with Crippen molar-refractivity contribution in [2.75, 3.05) is 12.3 Å². The molecule has 0 radical (unpaired) electrons. The highest BCUT2D eigenvalue weighted by molar-refractivity contribution is 5.61. The normalized spacial score (nSPS) is 12.6. The Morgan fingerprint density at radius 3 is 3.00 bits per heavy atom. The molecule has 0 fully saturated rings. The van der Waals surface area contributed by atoms with Crippen LogP contribution in [0.5, 0.6) is 0 Å². The molecule has 0 saturated heterocycles. The average Bonchev–Trinajstić information content (AvgIpc) is 2.77. The van der Waals surface area contributed by atoms with Crippen molar-refractivity contribution in [1.29, 1.82) is 0 Å². The minimum absolute atomic E-state index is 0.0490. The van der Waals surface area contributed by atoms with Gasteiger partial charge in [-0.25, -0.2) is 0 Å². The molecule has 1 atom stereocenters. The molecular formula is C11H14N4O. The number of aliphatic hydroxyl groups is 1. The first-order chi connectivity index (χ1) is 7.72. The maximum atomic E-state index is 9.13. The van der Waals surface area contributed by atoms with Crippen molar-refractivity contribution in [3.05, 3.63) is 30.6 Å². The summed E-state index contributed by atoms with van der Waals surface area (Å²) in [6.45, 7) is 1.95. The van der Waals surface area contributed by atoms with Crippen LogP contribution in [0.2, 0.25) is 0 Å². The molecule has 3 N–H and O–H groups in total. The number of benzene rings is 1. The van der Waals surface area contributed by atoms with E-state index < -0.39 is 0 Å². The summed E-state index contributed by atoms with van der Waals surface area (Å²) in [5.74, 6) is 0.717. The van der Waals surface area contributed by atoms with E-state index in [1.807, 2.05) is 35.8 Å². The van der Waals surface area contributed by atoms with Crippen LogP contribution in [0.1, 0.15) is 13.0 Å². The molecular weight excluding hydrogens is 204 g/mol. The first kappa shape index (κ1) is 10.6. The summed E-state index contributed by atoms with van der Waals surface area (Å²) >= 11 is 0. The van der Waals surface area contributed by atoms with Crippen molar-refractivity contribution in [1.82, 2.24) is 14.8 Å². The van der Waals surface area contributed by atoms with Crippen molar-refractivity contribution >= 4 is 5.69 Å². The molecule has 0 unspecified atom stereocenters. The van der Waals surface area contributed by atoms with Gasteiger partial charge in [0.1, 0.15) is 6.33 Å². The smallest absolute Gasteiger partial charge is 0.164 e. The fraction of sp³-hybridized carbons (Fsp3) is 0.273. The Morgan fingerprint density at radius 1 is 1.50 bits per heavy atom. The van der Waals surface area contributed by atoms with E-state index >= 15 is 0 Å². The van der Waals surface area contributed by atoms with Crippen LogP contribution in [-0.4, -0.2) is 26.5 Å². The SMILES string of the molecule is C[C@H](CO)n1cnnc1-c1cccc(N)c1. The molecule has 0 saturated carbocycles. The molecule has 1 aromatic carbocycles. The quantitative estimate of drug-likeness (QED) is 0.756. The molecule has 0 aliphatic rings. The second-order valence-electron chi connectivity index (χ2n) is 3.72. The summed E-state index contributed by atoms with van der Waals surface area (Å²) < 4.78 is 1.83. The number of aliphatic hydroxyl groups excluding tert-OH is 1. The zero-order valence-corrected chi connectivity index (χ0v) is 9.04. The molecule has 0 aliphatic heterocycles. The van der Waals surface area contributed by atoms with Gasteiger partial charge in [0.15, 0.2) is 5.82 Å². The van der Waals surface area contributed by atoms with Crippen LogP contribution in [0.4, 0.5) is 5.69 Å². The molecule has 0 amide bonds. The number of rotatable bonds is 3. The summed E-state index contributed by atoms with van der Waals surface area (Å²) in [6.07, 6.45) is 1.61. The van der Waals surface area contributed by atoms with Crippen molar-refractivity contribution < 1.29 is 5.11 Å². The Bertz CT molecular complexity index is 480. The van der Waals surface area contributed by atoms with Gasteiger partial charge >= 0.3 is 0 Å². The van der Waals surface area contributed by atoms with E-state index in [2.05, 4.69) is 10.2 Å². The van der Waals surface area contributed by atoms with Crippen LogP contribution in [-0.2, 0) is 0 Å². The zero-order valence-electron chi connectivity index (χ0n) is 9.04. The number of nitrogens with two attached hydrogens (primary N) is 1. The average molecular weight is 218 g/mol.